The van der Waals surface area contributed by atoms with Crippen LogP contribution in [0.25, 0.3) is 0 Å². The van der Waals surface area contributed by atoms with E-state index in [-0.39, 0.29) is 11.8 Å². The molecule has 33 heavy (non-hydrogen) atoms. The Morgan fingerprint density at radius 3 is 2.70 bits per heavy atom. The quantitative estimate of drug-likeness (QED) is 0.651. The van der Waals surface area contributed by atoms with Crippen molar-refractivity contribution in [1.29, 1.82) is 0 Å². The highest BCUT2D eigenvalue weighted by Crippen LogP contribution is 2.35. The Morgan fingerprint density at radius 1 is 1.21 bits per heavy atom. The number of halogens is 1. The first kappa shape index (κ1) is 22.9. The van der Waals surface area contributed by atoms with Gasteiger partial charge in [-0.3, -0.25) is 9.59 Å². The van der Waals surface area contributed by atoms with Gasteiger partial charge in [0.15, 0.2) is 0 Å². The summed E-state index contributed by atoms with van der Waals surface area (Å²) < 4.78 is 6.12. The molecule has 2 aromatic carbocycles. The van der Waals surface area contributed by atoms with Crippen molar-refractivity contribution in [3.05, 3.63) is 82.5 Å². The van der Waals surface area contributed by atoms with Gasteiger partial charge >= 0.3 is 0 Å². The van der Waals surface area contributed by atoms with Crippen LogP contribution >= 0.6 is 11.6 Å². The summed E-state index contributed by atoms with van der Waals surface area (Å²) in [6, 6.07) is 12.9. The Labute approximate surface area is 199 Å². The summed E-state index contributed by atoms with van der Waals surface area (Å²) in [4.78, 5) is 27.0. The van der Waals surface area contributed by atoms with Crippen LogP contribution in [0.4, 0.5) is 0 Å². The molecular weight excluding hydrogens is 438 g/mol. The third kappa shape index (κ3) is 5.06. The van der Waals surface area contributed by atoms with Crippen molar-refractivity contribution in [1.82, 2.24) is 10.2 Å². The molecule has 2 amide bonds. The average Bonchev–Trinajstić information content (AvgIpc) is 3.29. The Kier molecular flexibility index (Phi) is 6.75. The number of para-hydroxylation sites is 1. The fourth-order valence-corrected chi connectivity index (χ4v) is 4.51. The molecule has 0 bridgehead atoms. The Balaban J connectivity index is 1.51. The van der Waals surface area contributed by atoms with Gasteiger partial charge in [0.05, 0.1) is 5.03 Å². The summed E-state index contributed by atoms with van der Waals surface area (Å²) in [7, 11) is 0. The van der Waals surface area contributed by atoms with Gasteiger partial charge in [-0.25, -0.2) is 0 Å². The largest absolute Gasteiger partial charge is 0.457 e. The monoisotopic (exact) mass is 465 g/mol. The van der Waals surface area contributed by atoms with E-state index in [9.17, 15) is 9.59 Å². The van der Waals surface area contributed by atoms with Crippen LogP contribution in [0.5, 0.6) is 11.5 Å². The van der Waals surface area contributed by atoms with E-state index < -0.39 is 11.9 Å². The lowest BCUT2D eigenvalue weighted by Crippen LogP contribution is -2.43. The van der Waals surface area contributed by atoms with Crippen LogP contribution in [0.1, 0.15) is 53.6 Å². The van der Waals surface area contributed by atoms with E-state index in [2.05, 4.69) is 19.2 Å². The molecule has 1 saturated heterocycles. The van der Waals surface area contributed by atoms with Gasteiger partial charge in [-0.05, 0) is 47.7 Å². The molecule has 2 aromatic rings. The second-order valence-electron chi connectivity index (χ2n) is 8.71. The topological polar surface area (TPSA) is 84.7 Å². The van der Waals surface area contributed by atoms with Crippen LogP contribution in [0.3, 0.4) is 0 Å². The molecule has 2 atom stereocenters. The van der Waals surface area contributed by atoms with E-state index in [0.717, 1.165) is 23.3 Å². The first-order valence-corrected chi connectivity index (χ1v) is 11.5. The van der Waals surface area contributed by atoms with Crippen LogP contribution in [-0.4, -0.2) is 35.8 Å². The minimum atomic E-state index is -0.506. The lowest BCUT2D eigenvalue weighted by Gasteiger charge is -2.23. The van der Waals surface area contributed by atoms with Crippen LogP contribution in [-0.2, 0) is 4.79 Å². The molecular formula is C26H28ClN3O3. The lowest BCUT2D eigenvalue weighted by atomic mass is 9.93. The van der Waals surface area contributed by atoms with Gasteiger partial charge in [-0.1, -0.05) is 55.8 Å². The summed E-state index contributed by atoms with van der Waals surface area (Å²) in [5.74, 6) is 1.13. The third-order valence-electron chi connectivity index (χ3n) is 6.11. The predicted molar refractivity (Wildman–Crippen MR) is 130 cm³/mol. The number of nitrogens with two attached hydrogens (primary N) is 1. The average molecular weight is 466 g/mol. The highest BCUT2D eigenvalue weighted by Gasteiger charge is 2.32. The van der Waals surface area contributed by atoms with E-state index in [1.165, 1.54) is 0 Å². The summed E-state index contributed by atoms with van der Waals surface area (Å²) >= 11 is 5.92. The van der Waals surface area contributed by atoms with Gasteiger partial charge in [-0.2, -0.15) is 0 Å². The molecule has 1 fully saturated rings. The summed E-state index contributed by atoms with van der Waals surface area (Å²) in [5, 5.41) is 3.57. The van der Waals surface area contributed by atoms with Crippen molar-refractivity contribution in [3.63, 3.8) is 0 Å². The zero-order valence-electron chi connectivity index (χ0n) is 18.8. The van der Waals surface area contributed by atoms with E-state index in [0.29, 0.717) is 35.4 Å². The van der Waals surface area contributed by atoms with Crippen molar-refractivity contribution in [2.24, 2.45) is 5.73 Å². The van der Waals surface area contributed by atoms with Gasteiger partial charge in [0.1, 0.15) is 17.5 Å². The molecule has 172 valence electrons. The molecule has 7 heteroatoms. The maximum atomic E-state index is 12.9. The number of hydrogen-bond donors (Lipinski definition) is 2. The number of primary amides is 1. The Morgan fingerprint density at radius 2 is 2.00 bits per heavy atom. The number of allylic oxidation sites excluding steroid dienone is 2. The minimum Gasteiger partial charge on any atom is -0.457 e. The second kappa shape index (κ2) is 9.71. The Bertz CT molecular complexity index is 1130. The molecule has 2 aliphatic heterocycles. The molecule has 0 spiro atoms. The molecule has 0 radical (unpaired) electrons. The lowest BCUT2D eigenvalue weighted by molar-refractivity contribution is -0.131. The van der Waals surface area contributed by atoms with Crippen LogP contribution in [0, 0.1) is 0 Å². The number of carbonyl (C=O) groups excluding carboxylic acids is 2. The van der Waals surface area contributed by atoms with Crippen molar-refractivity contribution in [2.75, 3.05) is 13.1 Å². The summed E-state index contributed by atoms with van der Waals surface area (Å²) in [6.07, 6.45) is 5.86. The SMILES string of the molecule is CC(C)c1ccccc1Oc1ccc(C2CCN(C(=O)C3C=CC(Cl)=CN3)C2)c(C(N)=O)c1. The van der Waals surface area contributed by atoms with E-state index in [4.69, 9.17) is 22.1 Å². The van der Waals surface area contributed by atoms with Crippen LogP contribution in [0.2, 0.25) is 0 Å². The Hall–Kier alpha value is -3.25. The highest BCUT2D eigenvalue weighted by atomic mass is 35.5. The number of ether oxygens (including phenoxy) is 1. The van der Waals surface area contributed by atoms with Crippen LogP contribution < -0.4 is 15.8 Å². The van der Waals surface area contributed by atoms with E-state index in [1.54, 1.807) is 24.4 Å². The molecule has 2 aliphatic rings. The molecule has 3 N–H and O–H groups in total. The molecule has 0 aromatic heterocycles. The molecule has 6 nitrogen and oxygen atoms in total. The number of nitrogens with one attached hydrogen (secondary N) is 1. The van der Waals surface area contributed by atoms with E-state index >= 15 is 0 Å². The van der Waals surface area contributed by atoms with Crippen molar-refractivity contribution < 1.29 is 14.3 Å². The number of rotatable bonds is 6. The fourth-order valence-electron chi connectivity index (χ4n) is 4.37. The van der Waals surface area contributed by atoms with Crippen LogP contribution in [0.15, 0.2) is 65.8 Å². The number of dihydropyridines is 1. The number of nitrogens with zero attached hydrogens (tertiary/aromatic N) is 1. The van der Waals surface area contributed by atoms with Gasteiger partial charge in [0.25, 0.3) is 0 Å². The molecule has 0 aliphatic carbocycles. The molecule has 2 unspecified atom stereocenters. The van der Waals surface area contributed by atoms with Gasteiger partial charge < -0.3 is 20.7 Å². The minimum absolute atomic E-state index is 0.0139. The first-order valence-electron chi connectivity index (χ1n) is 11.1. The molecule has 0 saturated carbocycles. The zero-order chi connectivity index (χ0) is 23.5. The van der Waals surface area contributed by atoms with Crippen molar-refractivity contribution >= 4 is 23.4 Å². The maximum Gasteiger partial charge on any atom is 0.249 e. The number of benzene rings is 2. The van der Waals surface area contributed by atoms with E-state index in [1.807, 2.05) is 41.3 Å². The maximum absolute atomic E-state index is 12.9. The number of likely N-dealkylation sites (tertiary alicyclic amines) is 1. The van der Waals surface area contributed by atoms with Crippen molar-refractivity contribution in [2.45, 2.75) is 38.1 Å². The van der Waals surface area contributed by atoms with Gasteiger partial charge in [-0.15, -0.1) is 0 Å². The number of hydrogen-bond acceptors (Lipinski definition) is 4. The highest BCUT2D eigenvalue weighted by molar-refractivity contribution is 6.31. The number of amides is 2. The first-order chi connectivity index (χ1) is 15.8. The summed E-state index contributed by atoms with van der Waals surface area (Å²) in [5.41, 5.74) is 8.10. The third-order valence-corrected chi connectivity index (χ3v) is 6.35. The van der Waals surface area contributed by atoms with Gasteiger partial charge in [0, 0.05) is 30.8 Å². The predicted octanol–water partition coefficient (Wildman–Crippen LogP) is 4.63. The zero-order valence-corrected chi connectivity index (χ0v) is 19.5. The summed E-state index contributed by atoms with van der Waals surface area (Å²) in [6.45, 7) is 5.36. The van der Waals surface area contributed by atoms with Crippen molar-refractivity contribution in [3.8, 4) is 11.5 Å². The fraction of sp³-hybridized carbons (Fsp3) is 0.308. The van der Waals surface area contributed by atoms with Gasteiger partial charge in [0.2, 0.25) is 11.8 Å². The smallest absolute Gasteiger partial charge is 0.249 e. The molecule has 4 rings (SSSR count). The molecule has 2 heterocycles. The standard InChI is InChI=1S/C26H28ClN3O3/c1-16(2)20-5-3-4-6-24(20)33-19-8-9-21(22(13-19)25(28)31)17-11-12-30(15-17)26(32)23-10-7-18(27)14-29-23/h3-10,13-14,16-17,23,29H,11-12,15H2,1-2H3,(H2,28,31). The number of carbonyl (C=O) groups is 2. The second-order valence-corrected chi connectivity index (χ2v) is 9.15. The normalized spacial score (nSPS) is 19.9.